The van der Waals surface area contributed by atoms with E-state index < -0.39 is 0 Å². The van der Waals surface area contributed by atoms with Crippen molar-refractivity contribution in [1.29, 1.82) is 0 Å². The van der Waals surface area contributed by atoms with Crippen LogP contribution in [0, 0.1) is 5.41 Å². The van der Waals surface area contributed by atoms with Crippen LogP contribution in [0.25, 0.3) is 0 Å². The van der Waals surface area contributed by atoms with E-state index in [1.807, 2.05) is 30.3 Å². The lowest BCUT2D eigenvalue weighted by atomic mass is 9.64. The predicted molar refractivity (Wildman–Crippen MR) is 60.2 cm³/mol. The Bertz CT molecular complexity index is 390. The summed E-state index contributed by atoms with van der Waals surface area (Å²) in [7, 11) is 0. The van der Waals surface area contributed by atoms with Crippen molar-refractivity contribution in [2.45, 2.75) is 18.9 Å². The Morgan fingerprint density at radius 2 is 1.94 bits per heavy atom. The summed E-state index contributed by atoms with van der Waals surface area (Å²) in [4.78, 5) is 11.8. The van der Waals surface area contributed by atoms with E-state index in [0.29, 0.717) is 11.5 Å². The molecular weight excluding hydrogens is 202 g/mol. The second-order valence-corrected chi connectivity index (χ2v) is 4.94. The molecule has 16 heavy (non-hydrogen) atoms. The molecule has 1 heterocycles. The molecule has 0 radical (unpaired) electrons. The molecule has 1 amide bonds. The van der Waals surface area contributed by atoms with Crippen LogP contribution in [0.4, 0.5) is 0 Å². The Balaban J connectivity index is 1.55. The molecule has 1 saturated heterocycles. The Labute approximate surface area is 94.8 Å². The largest absolute Gasteiger partial charge is 0.380 e. The van der Waals surface area contributed by atoms with Crippen LogP contribution in [-0.4, -0.2) is 25.2 Å². The third kappa shape index (κ3) is 1.61. The molecule has 1 aliphatic carbocycles. The van der Waals surface area contributed by atoms with Crippen molar-refractivity contribution in [3.63, 3.8) is 0 Å². The molecule has 0 aromatic heterocycles. The van der Waals surface area contributed by atoms with Gasteiger partial charge in [0, 0.05) is 17.0 Å². The highest BCUT2D eigenvalue weighted by Gasteiger charge is 2.50. The zero-order valence-electron chi connectivity index (χ0n) is 9.11. The minimum absolute atomic E-state index is 0.0423. The molecule has 1 aromatic rings. The summed E-state index contributed by atoms with van der Waals surface area (Å²) in [6.07, 6.45) is 2.15. The highest BCUT2D eigenvalue weighted by molar-refractivity contribution is 5.94. The lowest BCUT2D eigenvalue weighted by Crippen LogP contribution is -2.59. The molecule has 1 aliphatic heterocycles. The molecule has 3 heteroatoms. The third-order valence-corrected chi connectivity index (χ3v) is 3.55. The van der Waals surface area contributed by atoms with Gasteiger partial charge in [0.2, 0.25) is 0 Å². The first-order valence-corrected chi connectivity index (χ1v) is 5.71. The minimum Gasteiger partial charge on any atom is -0.380 e. The van der Waals surface area contributed by atoms with Crippen molar-refractivity contribution < 1.29 is 9.53 Å². The molecule has 0 bridgehead atoms. The van der Waals surface area contributed by atoms with Crippen molar-refractivity contribution in [3.05, 3.63) is 35.9 Å². The number of hydrogen-bond donors (Lipinski definition) is 1. The van der Waals surface area contributed by atoms with Crippen LogP contribution in [0.15, 0.2) is 30.3 Å². The SMILES string of the molecule is O=C(NC1CC2(COC2)C1)c1ccccc1. The smallest absolute Gasteiger partial charge is 0.251 e. The molecule has 0 atom stereocenters. The van der Waals surface area contributed by atoms with Crippen LogP contribution in [0.2, 0.25) is 0 Å². The quantitative estimate of drug-likeness (QED) is 0.817. The molecular formula is C13H15NO2. The standard InChI is InChI=1S/C13H15NO2/c15-12(10-4-2-1-3-5-10)14-11-6-13(7-11)8-16-9-13/h1-5,11H,6-9H2,(H,14,15). The van der Waals surface area contributed by atoms with Crippen LogP contribution >= 0.6 is 0 Å². The number of benzene rings is 1. The monoisotopic (exact) mass is 217 g/mol. The van der Waals surface area contributed by atoms with Gasteiger partial charge in [0.1, 0.15) is 0 Å². The van der Waals surface area contributed by atoms with E-state index in [1.54, 1.807) is 0 Å². The number of hydrogen-bond acceptors (Lipinski definition) is 2. The maximum atomic E-state index is 11.8. The zero-order chi connectivity index (χ0) is 11.0. The summed E-state index contributed by atoms with van der Waals surface area (Å²) >= 11 is 0. The second-order valence-electron chi connectivity index (χ2n) is 4.94. The number of ether oxygens (including phenoxy) is 1. The molecule has 1 aromatic carbocycles. The van der Waals surface area contributed by atoms with Crippen LogP contribution < -0.4 is 5.32 Å². The summed E-state index contributed by atoms with van der Waals surface area (Å²) in [6.45, 7) is 1.76. The first kappa shape index (κ1) is 9.85. The average Bonchev–Trinajstić information content (AvgIpc) is 2.21. The normalized spacial score (nSPS) is 22.2. The number of amides is 1. The fourth-order valence-electron chi connectivity index (χ4n) is 2.57. The van der Waals surface area contributed by atoms with E-state index in [0.717, 1.165) is 31.6 Å². The van der Waals surface area contributed by atoms with Gasteiger partial charge >= 0.3 is 0 Å². The average molecular weight is 217 g/mol. The first-order valence-electron chi connectivity index (χ1n) is 5.71. The third-order valence-electron chi connectivity index (χ3n) is 3.55. The molecule has 3 nitrogen and oxygen atoms in total. The molecule has 84 valence electrons. The predicted octanol–water partition coefficient (Wildman–Crippen LogP) is 1.60. The van der Waals surface area contributed by atoms with E-state index in [1.165, 1.54) is 0 Å². The van der Waals surface area contributed by atoms with Gasteiger partial charge in [0.25, 0.3) is 5.91 Å². The molecule has 1 spiro atoms. The Morgan fingerprint density at radius 1 is 1.25 bits per heavy atom. The van der Waals surface area contributed by atoms with Crippen molar-refractivity contribution >= 4 is 5.91 Å². The number of carbonyl (C=O) groups excluding carboxylic acids is 1. The van der Waals surface area contributed by atoms with Crippen LogP contribution in [0.5, 0.6) is 0 Å². The lowest BCUT2D eigenvalue weighted by molar-refractivity contribution is -0.165. The topological polar surface area (TPSA) is 38.3 Å². The summed E-state index contributed by atoms with van der Waals surface area (Å²) < 4.78 is 5.21. The number of rotatable bonds is 2. The van der Waals surface area contributed by atoms with Crippen molar-refractivity contribution in [1.82, 2.24) is 5.32 Å². The lowest BCUT2D eigenvalue weighted by Gasteiger charge is -2.53. The Kier molecular flexibility index (Phi) is 2.21. The molecule has 1 N–H and O–H groups in total. The summed E-state index contributed by atoms with van der Waals surface area (Å²) in [6, 6.07) is 9.72. The fourth-order valence-corrected chi connectivity index (χ4v) is 2.57. The van der Waals surface area contributed by atoms with Gasteiger partial charge in [-0.2, -0.15) is 0 Å². The van der Waals surface area contributed by atoms with Crippen LogP contribution in [0.3, 0.4) is 0 Å². The van der Waals surface area contributed by atoms with Crippen molar-refractivity contribution in [2.24, 2.45) is 5.41 Å². The Morgan fingerprint density at radius 3 is 2.50 bits per heavy atom. The van der Waals surface area contributed by atoms with Crippen molar-refractivity contribution in [2.75, 3.05) is 13.2 Å². The summed E-state index contributed by atoms with van der Waals surface area (Å²) in [5, 5.41) is 3.06. The maximum Gasteiger partial charge on any atom is 0.251 e. The van der Waals surface area contributed by atoms with Gasteiger partial charge in [-0.3, -0.25) is 4.79 Å². The van der Waals surface area contributed by atoms with E-state index in [-0.39, 0.29) is 5.91 Å². The Hall–Kier alpha value is -1.35. The molecule has 0 unspecified atom stereocenters. The van der Waals surface area contributed by atoms with E-state index in [9.17, 15) is 4.79 Å². The van der Waals surface area contributed by atoms with Gasteiger partial charge < -0.3 is 10.1 Å². The number of carbonyl (C=O) groups is 1. The summed E-state index contributed by atoms with van der Waals surface area (Å²) in [5.74, 6) is 0.0423. The summed E-state index contributed by atoms with van der Waals surface area (Å²) in [5.41, 5.74) is 1.16. The first-order chi connectivity index (χ1) is 7.77. The highest BCUT2D eigenvalue weighted by Crippen LogP contribution is 2.46. The highest BCUT2D eigenvalue weighted by atomic mass is 16.5. The van der Waals surface area contributed by atoms with Gasteiger partial charge in [-0.1, -0.05) is 18.2 Å². The van der Waals surface area contributed by atoms with Crippen molar-refractivity contribution in [3.8, 4) is 0 Å². The van der Waals surface area contributed by atoms with Gasteiger partial charge in [0.15, 0.2) is 0 Å². The molecule has 3 rings (SSSR count). The molecule has 1 saturated carbocycles. The second kappa shape index (κ2) is 3.59. The van der Waals surface area contributed by atoms with Crippen LogP contribution in [0.1, 0.15) is 23.2 Å². The van der Waals surface area contributed by atoms with Gasteiger partial charge in [-0.15, -0.1) is 0 Å². The molecule has 2 fully saturated rings. The zero-order valence-corrected chi connectivity index (χ0v) is 9.11. The van der Waals surface area contributed by atoms with Gasteiger partial charge in [-0.05, 0) is 25.0 Å². The fraction of sp³-hybridized carbons (Fsp3) is 0.462. The van der Waals surface area contributed by atoms with E-state index in [2.05, 4.69) is 5.32 Å². The number of nitrogens with one attached hydrogen (secondary N) is 1. The maximum absolute atomic E-state index is 11.8. The van der Waals surface area contributed by atoms with E-state index >= 15 is 0 Å². The van der Waals surface area contributed by atoms with Gasteiger partial charge in [0.05, 0.1) is 13.2 Å². The van der Waals surface area contributed by atoms with E-state index in [4.69, 9.17) is 4.74 Å². The van der Waals surface area contributed by atoms with Crippen LogP contribution in [-0.2, 0) is 4.74 Å². The minimum atomic E-state index is 0.0423. The molecule has 2 aliphatic rings. The van der Waals surface area contributed by atoms with Gasteiger partial charge in [-0.25, -0.2) is 0 Å².